The highest BCUT2D eigenvalue weighted by molar-refractivity contribution is 7.09. The molecule has 9 nitrogen and oxygen atoms in total. The fourth-order valence-corrected chi connectivity index (χ4v) is 3.69. The fraction of sp³-hybridized carbons (Fsp3) is 0.182. The van der Waals surface area contributed by atoms with Crippen molar-refractivity contribution in [2.75, 3.05) is 20.8 Å². The largest absolute Gasteiger partial charge is 0.493 e. The molecule has 0 N–H and O–H groups in total. The van der Waals surface area contributed by atoms with Gasteiger partial charge in [-0.2, -0.15) is 0 Å². The molecule has 0 fully saturated rings. The number of hydrogen-bond acceptors (Lipinski definition) is 8. The molecule has 0 radical (unpaired) electrons. The minimum Gasteiger partial charge on any atom is -0.493 e. The molecular formula is C22H19ClN2O7S. The van der Waals surface area contributed by atoms with E-state index in [1.54, 1.807) is 7.05 Å². The highest BCUT2D eigenvalue weighted by atomic mass is 35.5. The Morgan fingerprint density at radius 3 is 2.55 bits per heavy atom. The number of nitro groups is 1. The lowest BCUT2D eigenvalue weighted by Crippen LogP contribution is -2.30. The molecule has 2 aromatic carbocycles. The summed E-state index contributed by atoms with van der Waals surface area (Å²) in [4.78, 5) is 37.8. The van der Waals surface area contributed by atoms with E-state index < -0.39 is 17.5 Å². The number of likely N-dealkylation sites (N-methyl/N-ethyl adjacent to an activating group) is 1. The molecule has 1 amide bonds. The normalized spacial score (nSPS) is 10.4. The lowest BCUT2D eigenvalue weighted by molar-refractivity contribution is -0.385. The van der Waals surface area contributed by atoms with Gasteiger partial charge in [-0.3, -0.25) is 14.9 Å². The second kappa shape index (κ2) is 10.8. The average molecular weight is 491 g/mol. The third kappa shape index (κ3) is 6.21. The third-order valence-corrected chi connectivity index (χ3v) is 5.56. The molecule has 0 saturated heterocycles. The zero-order valence-electron chi connectivity index (χ0n) is 17.6. The van der Waals surface area contributed by atoms with Gasteiger partial charge in [0.25, 0.3) is 5.91 Å². The molecule has 1 heterocycles. The summed E-state index contributed by atoms with van der Waals surface area (Å²) in [5.74, 6) is -0.826. The zero-order chi connectivity index (χ0) is 24.0. The predicted molar refractivity (Wildman–Crippen MR) is 122 cm³/mol. The van der Waals surface area contributed by atoms with Crippen LogP contribution in [0.4, 0.5) is 5.69 Å². The summed E-state index contributed by atoms with van der Waals surface area (Å²) < 4.78 is 16.0. The molecule has 172 valence electrons. The standard InChI is InChI=1S/C22H19ClN2O7S/c1-24(12-16-4-3-9-33-16)21(26)13-31-22(27)14-5-7-19(20(10-14)30-2)32-18-8-6-15(23)11-17(18)25(28)29/h3-11H,12-13H2,1-2H3. The van der Waals surface area contributed by atoms with Gasteiger partial charge >= 0.3 is 11.7 Å². The first kappa shape index (κ1) is 24.0. The molecule has 0 aliphatic rings. The number of ether oxygens (including phenoxy) is 3. The van der Waals surface area contributed by atoms with Gasteiger partial charge in [-0.1, -0.05) is 17.7 Å². The molecule has 0 unspecified atom stereocenters. The minimum atomic E-state index is -0.727. The van der Waals surface area contributed by atoms with Crippen LogP contribution >= 0.6 is 22.9 Å². The van der Waals surface area contributed by atoms with Crippen LogP contribution in [0.5, 0.6) is 17.2 Å². The number of thiophene rings is 1. The molecular weight excluding hydrogens is 472 g/mol. The number of hydrogen-bond donors (Lipinski definition) is 0. The van der Waals surface area contributed by atoms with Crippen LogP contribution in [0.25, 0.3) is 0 Å². The van der Waals surface area contributed by atoms with Crippen LogP contribution < -0.4 is 9.47 Å². The van der Waals surface area contributed by atoms with Crippen LogP contribution in [0.1, 0.15) is 15.2 Å². The zero-order valence-corrected chi connectivity index (χ0v) is 19.2. The molecule has 3 aromatic rings. The van der Waals surface area contributed by atoms with Crippen molar-refractivity contribution in [3.8, 4) is 17.2 Å². The number of esters is 1. The maximum Gasteiger partial charge on any atom is 0.338 e. The van der Waals surface area contributed by atoms with Crippen LogP contribution in [0, 0.1) is 10.1 Å². The van der Waals surface area contributed by atoms with Gasteiger partial charge in [0.1, 0.15) is 0 Å². The van der Waals surface area contributed by atoms with E-state index in [0.717, 1.165) is 4.88 Å². The number of carbonyl (C=O) groups excluding carboxylic acids is 2. The summed E-state index contributed by atoms with van der Waals surface area (Å²) in [5.41, 5.74) is -0.197. The minimum absolute atomic E-state index is 0.0441. The lowest BCUT2D eigenvalue weighted by Gasteiger charge is -2.16. The summed E-state index contributed by atoms with van der Waals surface area (Å²) in [6.45, 7) is 0.00297. The van der Waals surface area contributed by atoms with Gasteiger partial charge in [0.05, 0.1) is 24.1 Å². The number of amides is 1. The maximum atomic E-state index is 12.4. The van der Waals surface area contributed by atoms with Crippen LogP contribution in [0.15, 0.2) is 53.9 Å². The van der Waals surface area contributed by atoms with Crippen molar-refractivity contribution in [1.82, 2.24) is 4.90 Å². The third-order valence-electron chi connectivity index (χ3n) is 4.46. The molecule has 0 aliphatic carbocycles. The van der Waals surface area contributed by atoms with Crippen molar-refractivity contribution in [3.05, 3.63) is 79.5 Å². The molecule has 0 bridgehead atoms. The molecule has 0 saturated carbocycles. The van der Waals surface area contributed by atoms with E-state index >= 15 is 0 Å². The van der Waals surface area contributed by atoms with Gasteiger partial charge in [-0.15, -0.1) is 11.3 Å². The van der Waals surface area contributed by atoms with Crippen LogP contribution in [0.2, 0.25) is 5.02 Å². The summed E-state index contributed by atoms with van der Waals surface area (Å²) in [7, 11) is 2.98. The number of halogens is 1. The van der Waals surface area contributed by atoms with Gasteiger partial charge in [0.15, 0.2) is 18.1 Å². The van der Waals surface area contributed by atoms with Gasteiger partial charge in [-0.25, -0.2) is 4.79 Å². The Balaban J connectivity index is 1.67. The Morgan fingerprint density at radius 2 is 1.88 bits per heavy atom. The van der Waals surface area contributed by atoms with Crippen molar-refractivity contribution in [3.63, 3.8) is 0 Å². The van der Waals surface area contributed by atoms with Crippen LogP contribution in [-0.2, 0) is 16.1 Å². The SMILES string of the molecule is COc1cc(C(=O)OCC(=O)N(C)Cc2cccs2)ccc1Oc1ccc(Cl)cc1[N+](=O)[O-]. The van der Waals surface area contributed by atoms with E-state index in [4.69, 9.17) is 25.8 Å². The maximum absolute atomic E-state index is 12.4. The molecule has 1 aromatic heterocycles. The van der Waals surface area contributed by atoms with Crippen molar-refractivity contribution < 1.29 is 28.7 Å². The summed E-state index contributed by atoms with van der Waals surface area (Å²) in [6, 6.07) is 12.0. The summed E-state index contributed by atoms with van der Waals surface area (Å²) in [6.07, 6.45) is 0. The monoisotopic (exact) mass is 490 g/mol. The van der Waals surface area contributed by atoms with Gasteiger partial charge in [-0.05, 0) is 41.8 Å². The number of methoxy groups -OCH3 is 1. The van der Waals surface area contributed by atoms with Crippen molar-refractivity contribution in [2.24, 2.45) is 0 Å². The second-order valence-electron chi connectivity index (χ2n) is 6.74. The molecule has 11 heteroatoms. The summed E-state index contributed by atoms with van der Waals surface area (Å²) >= 11 is 7.35. The molecule has 0 spiro atoms. The van der Waals surface area contributed by atoms with Gasteiger partial charge in [0.2, 0.25) is 5.75 Å². The lowest BCUT2D eigenvalue weighted by atomic mass is 10.2. The Labute approximate surface area is 198 Å². The van der Waals surface area contributed by atoms with Crippen molar-refractivity contribution in [2.45, 2.75) is 6.54 Å². The Hall–Kier alpha value is -3.63. The van der Waals surface area contributed by atoms with E-state index in [0.29, 0.717) is 6.54 Å². The van der Waals surface area contributed by atoms with E-state index in [-0.39, 0.29) is 39.4 Å². The molecule has 0 atom stereocenters. The van der Waals surface area contributed by atoms with Gasteiger partial charge in [0, 0.05) is 23.0 Å². The molecule has 33 heavy (non-hydrogen) atoms. The quantitative estimate of drug-likeness (QED) is 0.238. The number of nitrogens with zero attached hydrogens (tertiary/aromatic N) is 2. The van der Waals surface area contributed by atoms with E-state index in [9.17, 15) is 19.7 Å². The highest BCUT2D eigenvalue weighted by Gasteiger charge is 2.20. The first-order valence-corrected chi connectivity index (χ1v) is 10.8. The van der Waals surface area contributed by atoms with Crippen LogP contribution in [0.3, 0.4) is 0 Å². The topological polar surface area (TPSA) is 108 Å². The Kier molecular flexibility index (Phi) is 7.86. The number of benzene rings is 2. The van der Waals surface area contributed by atoms with Gasteiger partial charge < -0.3 is 19.1 Å². The number of nitro benzene ring substituents is 1. The fourth-order valence-electron chi connectivity index (χ4n) is 2.76. The first-order chi connectivity index (χ1) is 15.8. The van der Waals surface area contributed by atoms with Crippen LogP contribution in [-0.4, -0.2) is 42.5 Å². The van der Waals surface area contributed by atoms with E-state index in [1.165, 1.54) is 59.7 Å². The van der Waals surface area contributed by atoms with E-state index in [2.05, 4.69) is 0 Å². The molecule has 0 aliphatic heterocycles. The van der Waals surface area contributed by atoms with Crippen molar-refractivity contribution in [1.29, 1.82) is 0 Å². The average Bonchev–Trinajstić information content (AvgIpc) is 3.31. The first-order valence-electron chi connectivity index (χ1n) is 9.51. The predicted octanol–water partition coefficient (Wildman–Crippen LogP) is 4.93. The Bertz CT molecular complexity index is 1170. The highest BCUT2D eigenvalue weighted by Crippen LogP contribution is 2.38. The number of carbonyl (C=O) groups is 2. The smallest absolute Gasteiger partial charge is 0.338 e. The second-order valence-corrected chi connectivity index (χ2v) is 8.21. The number of rotatable bonds is 9. The molecule has 3 rings (SSSR count). The van der Waals surface area contributed by atoms with Crippen molar-refractivity contribution >= 4 is 40.5 Å². The van der Waals surface area contributed by atoms with E-state index in [1.807, 2.05) is 17.5 Å². The summed E-state index contributed by atoms with van der Waals surface area (Å²) in [5, 5.41) is 13.4. The Morgan fingerprint density at radius 1 is 1.12 bits per heavy atom.